The van der Waals surface area contributed by atoms with Gasteiger partial charge in [-0.2, -0.15) is 0 Å². The number of piperidine rings is 1. The van der Waals surface area contributed by atoms with E-state index in [1.165, 1.54) is 44.0 Å². The van der Waals surface area contributed by atoms with Gasteiger partial charge in [0.05, 0.1) is 6.04 Å². The summed E-state index contributed by atoms with van der Waals surface area (Å²) in [7, 11) is 4.82. The molecule has 0 aliphatic carbocycles. The van der Waals surface area contributed by atoms with Crippen LogP contribution < -0.4 is 21.5 Å². The number of likely N-dealkylation sites (N-methyl/N-ethyl adjacent to an activating group) is 1. The second kappa shape index (κ2) is 29.3. The highest BCUT2D eigenvalue weighted by molar-refractivity contribution is 8.76. The zero-order valence-electron chi connectivity index (χ0n) is 40.7. The number of carbonyl (C=O) groups excluding carboxylic acids is 6. The Kier molecular flexibility index (Phi) is 24.0. The standard InChI is InChI=1S/C48H70N8O10S3/c1-8-14-41(59)66-29-56(47(63)42(31(5)9-2)52-45(62)37-15-11-13-22-55(37)7)38(30(3)4)27-39(58)46-51-36(28-67-46)44(61)50-34(26-33-17-19-35(57)20-18-33)25-32(6)43(60)53-54-48(64)65-23-24-68-69-40-16-10-12-21-49-40/h10,12,16-21,28,30-32,34,37-39,42,57-58H,8-9,11,13-15,22-27,29H2,1-7H3,(H,50,61)(H,52,62)(H,53,60)(H,54,64)/t31?,32-,34+,37?,38+,39+,42-/m0/s1. The summed E-state index contributed by atoms with van der Waals surface area (Å²) in [5.41, 5.74) is 5.45. The first-order valence-electron chi connectivity index (χ1n) is 23.6. The maximum absolute atomic E-state index is 14.7. The third-order valence-corrected chi connectivity index (χ3v) is 15.1. The number of nitrogens with one attached hydrogen (secondary N) is 4. The fraction of sp³-hybridized carbons (Fsp3) is 0.583. The maximum atomic E-state index is 14.7. The Morgan fingerprint density at radius 3 is 2.39 bits per heavy atom. The molecule has 3 heterocycles. The number of esters is 1. The predicted octanol–water partition coefficient (Wildman–Crippen LogP) is 6.40. The number of aromatic hydroxyl groups is 1. The molecule has 7 atom stereocenters. The highest BCUT2D eigenvalue weighted by Crippen LogP contribution is 2.30. The Morgan fingerprint density at radius 1 is 0.971 bits per heavy atom. The molecular weight excluding hydrogens is 945 g/mol. The topological polar surface area (TPSA) is 242 Å². The highest BCUT2D eigenvalue weighted by Gasteiger charge is 2.39. The average molecular weight is 1020 g/mol. The number of likely N-dealkylation sites (tertiary alicyclic amines) is 1. The number of amides is 5. The van der Waals surface area contributed by atoms with Gasteiger partial charge in [0.2, 0.25) is 17.7 Å². The number of aliphatic hydroxyl groups is 1. The lowest BCUT2D eigenvalue weighted by Crippen LogP contribution is -2.59. The van der Waals surface area contributed by atoms with Crippen LogP contribution in [0.25, 0.3) is 0 Å². The molecular formula is C48H70N8O10S3. The van der Waals surface area contributed by atoms with Gasteiger partial charge in [0.15, 0.2) is 6.73 Å². The van der Waals surface area contributed by atoms with E-state index in [2.05, 4.69) is 31.5 Å². The summed E-state index contributed by atoms with van der Waals surface area (Å²) in [6, 6.07) is 9.45. The van der Waals surface area contributed by atoms with E-state index in [0.29, 0.717) is 25.0 Å². The molecule has 2 aromatic heterocycles. The van der Waals surface area contributed by atoms with E-state index in [9.17, 15) is 39.0 Å². The molecule has 0 radical (unpaired) electrons. The summed E-state index contributed by atoms with van der Waals surface area (Å²) in [4.78, 5) is 92.5. The van der Waals surface area contributed by atoms with E-state index in [1.807, 2.05) is 64.8 Å². The fourth-order valence-corrected chi connectivity index (χ4v) is 10.2. The minimum atomic E-state index is -1.24. The highest BCUT2D eigenvalue weighted by atomic mass is 33.1. The van der Waals surface area contributed by atoms with Gasteiger partial charge in [-0.25, -0.2) is 20.2 Å². The number of carbonyl (C=O) groups is 6. The Hall–Kier alpha value is -4.96. The van der Waals surface area contributed by atoms with Gasteiger partial charge in [-0.15, -0.1) is 11.3 Å². The largest absolute Gasteiger partial charge is 0.508 e. The molecule has 6 N–H and O–H groups in total. The number of aliphatic hydroxyl groups excluding tert-OH is 1. The number of hydrazine groups is 1. The molecule has 1 aromatic carbocycles. The fourth-order valence-electron chi connectivity index (χ4n) is 7.73. The number of phenolic OH excluding ortho intramolecular Hbond substituents is 1. The van der Waals surface area contributed by atoms with Crippen LogP contribution in [0.4, 0.5) is 4.79 Å². The van der Waals surface area contributed by atoms with Crippen molar-refractivity contribution in [1.82, 2.24) is 41.3 Å². The van der Waals surface area contributed by atoms with Gasteiger partial charge < -0.3 is 35.2 Å². The van der Waals surface area contributed by atoms with Crippen LogP contribution in [-0.4, -0.2) is 123 Å². The van der Waals surface area contributed by atoms with Crippen LogP contribution in [0.5, 0.6) is 5.75 Å². The van der Waals surface area contributed by atoms with E-state index in [0.717, 1.165) is 41.3 Å². The SMILES string of the molecule is CCCC(=O)OCN(C(=O)[C@@H](NC(=O)C1CCCCN1C)C(C)CC)[C@H](C[C@@H](O)c1nc(C(=O)N[C@@H](Cc2ccc(O)cc2)C[C@H](C)C(=O)NNC(=O)OCCSSc2ccccn2)cs1)C(C)C. The van der Waals surface area contributed by atoms with Crippen molar-refractivity contribution in [3.05, 3.63) is 70.3 Å². The minimum Gasteiger partial charge on any atom is -0.508 e. The van der Waals surface area contributed by atoms with Crippen LogP contribution in [0.3, 0.4) is 0 Å². The number of ether oxygens (including phenoxy) is 2. The molecule has 2 unspecified atom stereocenters. The Balaban J connectivity index is 1.44. The van der Waals surface area contributed by atoms with Gasteiger partial charge in [-0.05, 0) is 98.2 Å². The van der Waals surface area contributed by atoms with Crippen molar-refractivity contribution in [1.29, 1.82) is 0 Å². The van der Waals surface area contributed by atoms with E-state index < -0.39 is 59.9 Å². The molecule has 18 nitrogen and oxygen atoms in total. The zero-order chi connectivity index (χ0) is 50.5. The number of benzene rings is 1. The minimum absolute atomic E-state index is 0.0163. The Labute approximate surface area is 417 Å². The van der Waals surface area contributed by atoms with Gasteiger partial charge >= 0.3 is 12.1 Å². The van der Waals surface area contributed by atoms with Crippen molar-refractivity contribution < 1.29 is 48.5 Å². The number of pyridine rings is 1. The molecule has 1 aliphatic rings. The molecule has 5 amide bonds. The van der Waals surface area contributed by atoms with E-state index >= 15 is 0 Å². The number of hydrogen-bond acceptors (Lipinski definition) is 16. The third kappa shape index (κ3) is 18.7. The van der Waals surface area contributed by atoms with Crippen LogP contribution >= 0.6 is 32.9 Å². The molecule has 0 spiro atoms. The second-order valence-corrected chi connectivity index (χ2v) is 21.0. The smallest absolute Gasteiger partial charge is 0.426 e. The monoisotopic (exact) mass is 1010 g/mol. The molecule has 1 fully saturated rings. The summed E-state index contributed by atoms with van der Waals surface area (Å²) >= 11 is 1.07. The number of hydrogen-bond donors (Lipinski definition) is 6. The molecule has 0 bridgehead atoms. The lowest BCUT2D eigenvalue weighted by atomic mass is 9.92. The van der Waals surface area contributed by atoms with Crippen molar-refractivity contribution in [2.45, 2.75) is 135 Å². The number of nitrogens with zero attached hydrogens (tertiary/aromatic N) is 4. The molecule has 380 valence electrons. The lowest BCUT2D eigenvalue weighted by molar-refractivity contribution is -0.159. The van der Waals surface area contributed by atoms with E-state index in [1.54, 1.807) is 25.3 Å². The van der Waals surface area contributed by atoms with Crippen molar-refractivity contribution in [2.75, 3.05) is 32.7 Å². The quantitative estimate of drug-likeness (QED) is 0.0168. The number of aromatic nitrogens is 2. The van der Waals surface area contributed by atoms with Crippen LogP contribution in [0, 0.1) is 17.8 Å². The lowest BCUT2D eigenvalue weighted by Gasteiger charge is -2.39. The molecule has 3 aromatic rings. The van der Waals surface area contributed by atoms with Crippen molar-refractivity contribution in [3.8, 4) is 5.75 Å². The van der Waals surface area contributed by atoms with Crippen LogP contribution in [-0.2, 0) is 35.1 Å². The maximum Gasteiger partial charge on any atom is 0.426 e. The molecule has 69 heavy (non-hydrogen) atoms. The Bertz CT molecular complexity index is 2100. The van der Waals surface area contributed by atoms with E-state index in [-0.39, 0.29) is 79.3 Å². The van der Waals surface area contributed by atoms with Crippen LogP contribution in [0.15, 0.2) is 59.1 Å². The van der Waals surface area contributed by atoms with Gasteiger partial charge in [0, 0.05) is 48.2 Å². The summed E-state index contributed by atoms with van der Waals surface area (Å²) in [6.45, 7) is 11.6. The first-order chi connectivity index (χ1) is 33.0. The van der Waals surface area contributed by atoms with Crippen LogP contribution in [0.2, 0.25) is 0 Å². The number of rotatable bonds is 26. The van der Waals surface area contributed by atoms with Crippen molar-refractivity contribution in [2.24, 2.45) is 17.8 Å². The van der Waals surface area contributed by atoms with Gasteiger partial charge in [0.1, 0.15) is 40.2 Å². The molecule has 4 rings (SSSR count). The number of phenols is 1. The molecule has 1 saturated heterocycles. The predicted molar refractivity (Wildman–Crippen MR) is 267 cm³/mol. The van der Waals surface area contributed by atoms with Crippen molar-refractivity contribution >= 4 is 68.6 Å². The first kappa shape index (κ1) is 56.6. The molecule has 1 aliphatic heterocycles. The summed E-state index contributed by atoms with van der Waals surface area (Å²) in [6.07, 6.45) is 3.91. The normalized spacial score (nSPS) is 16.5. The first-order valence-corrected chi connectivity index (χ1v) is 26.8. The average Bonchev–Trinajstić information content (AvgIpc) is 3.84. The summed E-state index contributed by atoms with van der Waals surface area (Å²) in [5.74, 6) is -2.86. The van der Waals surface area contributed by atoms with Crippen molar-refractivity contribution in [3.63, 3.8) is 0 Å². The Morgan fingerprint density at radius 2 is 1.72 bits per heavy atom. The second-order valence-electron chi connectivity index (χ2n) is 17.7. The van der Waals surface area contributed by atoms with Crippen LogP contribution in [0.1, 0.15) is 120 Å². The molecule has 21 heteroatoms. The van der Waals surface area contributed by atoms with E-state index in [4.69, 9.17) is 9.47 Å². The number of thiazole rings is 1. The third-order valence-electron chi connectivity index (χ3n) is 11.9. The summed E-state index contributed by atoms with van der Waals surface area (Å²) < 4.78 is 10.8. The van der Waals surface area contributed by atoms with Gasteiger partial charge in [-0.3, -0.25) is 34.3 Å². The van der Waals surface area contributed by atoms with Gasteiger partial charge in [-0.1, -0.05) is 83.4 Å². The van der Waals surface area contributed by atoms with Gasteiger partial charge in [0.25, 0.3) is 5.91 Å². The summed E-state index contributed by atoms with van der Waals surface area (Å²) in [5, 5.41) is 30.2. The molecule has 0 saturated carbocycles. The zero-order valence-corrected chi connectivity index (χ0v) is 43.1.